The molecule has 0 spiro atoms. The van der Waals surface area contributed by atoms with Crippen molar-refractivity contribution >= 4 is 44.1 Å². The highest BCUT2D eigenvalue weighted by molar-refractivity contribution is 7.85. The van der Waals surface area contributed by atoms with Gasteiger partial charge in [-0.05, 0) is 32.1 Å². The molecule has 0 aliphatic carbocycles. The molecule has 48 heavy (non-hydrogen) atoms. The number of hydrogen-bond donors (Lipinski definition) is 7. The van der Waals surface area contributed by atoms with Gasteiger partial charge in [-0.15, -0.1) is 0 Å². The maximum absolute atomic E-state index is 9.19. The van der Waals surface area contributed by atoms with Crippen LogP contribution in [0.5, 0.6) is 0 Å². The fourth-order valence-electron chi connectivity index (χ4n) is 3.58. The summed E-state index contributed by atoms with van der Waals surface area (Å²) in [5, 5.41) is 2.69. The second-order valence-electron chi connectivity index (χ2n) is 11.9. The van der Waals surface area contributed by atoms with E-state index < -0.39 is 20.2 Å². The van der Waals surface area contributed by atoms with Crippen molar-refractivity contribution in [3.8, 4) is 0 Å². The van der Waals surface area contributed by atoms with Crippen LogP contribution in [0.2, 0.25) is 0 Å². The SMILES string of the molecule is CCCCCCCCCCCCN(CC(C)C)C(N)=NC(N)=NCC.CCN=C(N)NC(N)=NCC(C)C.CS(=O)(=O)O.CS(=O)(=O)O. The van der Waals surface area contributed by atoms with Crippen molar-refractivity contribution in [3.63, 3.8) is 0 Å². The van der Waals surface area contributed by atoms with Crippen LogP contribution < -0.4 is 28.3 Å². The first-order valence-corrected chi connectivity index (χ1v) is 20.4. The standard InChI is InChI=1S/C20H43N5.C8H19N5.2CH4O3S/c1-5-7-8-9-10-11-12-13-14-15-16-25(17-18(3)4)20(22)24-19(21)23-6-2;1-4-11-7(9)13-8(10)12-5-6(2)3;2*1-5(2,3)4/h18H,5-17H2,1-4H3,(H4,21,22,23,24);6H,4-5H2,1-3H3,(H5,9,10,11,12,13);2*1H3,(H,2,3,4). The van der Waals surface area contributed by atoms with Gasteiger partial charge in [0.1, 0.15) is 0 Å². The minimum Gasteiger partial charge on any atom is -0.370 e. The second kappa shape index (κ2) is 32.8. The lowest BCUT2D eigenvalue weighted by Crippen LogP contribution is -2.41. The average molecular weight is 731 g/mol. The molecule has 0 bridgehead atoms. The molecule has 0 aromatic carbocycles. The Morgan fingerprint density at radius 2 is 1.06 bits per heavy atom. The van der Waals surface area contributed by atoms with Gasteiger partial charge in [0.25, 0.3) is 20.2 Å². The second-order valence-corrected chi connectivity index (χ2v) is 14.8. The van der Waals surface area contributed by atoms with Crippen molar-refractivity contribution in [3.05, 3.63) is 0 Å². The zero-order chi connectivity index (χ0) is 38.2. The van der Waals surface area contributed by atoms with E-state index in [2.05, 4.69) is 64.8 Å². The minimum absolute atomic E-state index is 0.275. The first kappa shape index (κ1) is 52.1. The van der Waals surface area contributed by atoms with E-state index in [1.54, 1.807) is 0 Å². The molecule has 16 nitrogen and oxygen atoms in total. The Morgan fingerprint density at radius 1 is 0.667 bits per heavy atom. The molecule has 288 valence electrons. The van der Waals surface area contributed by atoms with Crippen LogP contribution in [0.25, 0.3) is 0 Å². The first-order valence-electron chi connectivity index (χ1n) is 16.7. The number of nitrogens with zero attached hydrogens (tertiary/aromatic N) is 5. The lowest BCUT2D eigenvalue weighted by atomic mass is 10.1. The Kier molecular flexibility index (Phi) is 35.6. The Balaban J connectivity index is -0.000000346. The Labute approximate surface area is 292 Å². The average Bonchev–Trinajstić information content (AvgIpc) is 2.90. The first-order chi connectivity index (χ1) is 22.1. The molecular weight excluding hydrogens is 661 g/mol. The molecule has 0 rings (SSSR count). The number of rotatable bonds is 17. The van der Waals surface area contributed by atoms with E-state index in [-0.39, 0.29) is 5.96 Å². The summed E-state index contributed by atoms with van der Waals surface area (Å²) < 4.78 is 51.7. The molecule has 0 radical (unpaired) electrons. The van der Waals surface area contributed by atoms with E-state index in [4.69, 9.17) is 32.0 Å². The quantitative estimate of drug-likeness (QED) is 0.0491. The zero-order valence-electron chi connectivity index (χ0n) is 31.2. The zero-order valence-corrected chi connectivity index (χ0v) is 32.8. The largest absolute Gasteiger partial charge is 0.370 e. The molecule has 0 saturated carbocycles. The molecule has 0 heterocycles. The van der Waals surface area contributed by atoms with E-state index in [1.807, 2.05) is 13.8 Å². The molecule has 0 aromatic heterocycles. The predicted octanol–water partition coefficient (Wildman–Crippen LogP) is 3.40. The van der Waals surface area contributed by atoms with Crippen LogP contribution in [-0.2, 0) is 20.2 Å². The van der Waals surface area contributed by atoms with Gasteiger partial charge in [0.2, 0.25) is 5.96 Å². The Morgan fingerprint density at radius 3 is 1.44 bits per heavy atom. The summed E-state index contributed by atoms with van der Waals surface area (Å²) in [4.78, 5) is 18.4. The fourth-order valence-corrected chi connectivity index (χ4v) is 3.58. The van der Waals surface area contributed by atoms with E-state index in [1.165, 1.54) is 57.8 Å². The van der Waals surface area contributed by atoms with Gasteiger partial charge in [-0.2, -0.15) is 21.8 Å². The van der Waals surface area contributed by atoms with Crippen LogP contribution in [0.4, 0.5) is 0 Å². The highest BCUT2D eigenvalue weighted by Gasteiger charge is 2.10. The van der Waals surface area contributed by atoms with Crippen LogP contribution in [0.15, 0.2) is 20.0 Å². The summed E-state index contributed by atoms with van der Waals surface area (Å²) in [6, 6.07) is 0. The van der Waals surface area contributed by atoms with Gasteiger partial charge in [-0.25, -0.2) is 0 Å². The number of unbranched alkanes of at least 4 members (excludes halogenated alkanes) is 9. The summed E-state index contributed by atoms with van der Waals surface area (Å²) in [5.41, 5.74) is 22.9. The van der Waals surface area contributed by atoms with Gasteiger partial charge in [0.05, 0.1) is 12.5 Å². The molecule has 0 aliphatic rings. The summed E-state index contributed by atoms with van der Waals surface area (Å²) in [6.07, 6.45) is 14.8. The highest BCUT2D eigenvalue weighted by atomic mass is 32.2. The monoisotopic (exact) mass is 730 g/mol. The van der Waals surface area contributed by atoms with Crippen molar-refractivity contribution in [2.24, 2.45) is 54.7 Å². The van der Waals surface area contributed by atoms with Gasteiger partial charge < -0.3 is 27.8 Å². The lowest BCUT2D eigenvalue weighted by molar-refractivity contribution is 0.351. The smallest absolute Gasteiger partial charge is 0.261 e. The molecule has 0 amide bonds. The number of hydrogen-bond acceptors (Lipinski definition) is 7. The van der Waals surface area contributed by atoms with Crippen LogP contribution in [0, 0.1) is 11.8 Å². The number of guanidine groups is 4. The van der Waals surface area contributed by atoms with Crippen molar-refractivity contribution in [2.45, 2.75) is 113 Å². The van der Waals surface area contributed by atoms with Gasteiger partial charge in [-0.3, -0.25) is 29.4 Å². The summed E-state index contributed by atoms with van der Waals surface area (Å²) >= 11 is 0. The van der Waals surface area contributed by atoms with Crippen molar-refractivity contribution in [1.29, 1.82) is 0 Å². The van der Waals surface area contributed by atoms with E-state index in [0.29, 0.717) is 61.9 Å². The summed E-state index contributed by atoms with van der Waals surface area (Å²) in [7, 11) is -7.33. The number of nitrogens with two attached hydrogens (primary N) is 4. The summed E-state index contributed by atoms with van der Waals surface area (Å²) in [5.74, 6) is 2.44. The van der Waals surface area contributed by atoms with Crippen LogP contribution >= 0.6 is 0 Å². The molecular formula is C30H70N10O6S2. The lowest BCUT2D eigenvalue weighted by Gasteiger charge is -2.25. The van der Waals surface area contributed by atoms with Crippen LogP contribution in [0.3, 0.4) is 0 Å². The number of nitrogens with one attached hydrogen (secondary N) is 1. The van der Waals surface area contributed by atoms with E-state index in [9.17, 15) is 16.8 Å². The van der Waals surface area contributed by atoms with Crippen LogP contribution in [0.1, 0.15) is 113 Å². The molecule has 0 fully saturated rings. The highest BCUT2D eigenvalue weighted by Crippen LogP contribution is 2.11. The Bertz CT molecular complexity index is 1070. The van der Waals surface area contributed by atoms with Gasteiger partial charge in [-0.1, -0.05) is 92.4 Å². The van der Waals surface area contributed by atoms with Crippen LogP contribution in [-0.4, -0.2) is 99.9 Å². The molecule has 0 atom stereocenters. The summed E-state index contributed by atoms with van der Waals surface area (Å²) in [6.45, 7) is 18.5. The normalized spacial score (nSPS) is 12.8. The topological polar surface area (TPSA) is 278 Å². The molecule has 18 heteroatoms. The third-order valence-electron chi connectivity index (χ3n) is 5.45. The van der Waals surface area contributed by atoms with Gasteiger partial charge in [0, 0.05) is 32.7 Å². The fraction of sp³-hybridized carbons (Fsp3) is 0.867. The molecule has 11 N–H and O–H groups in total. The third kappa shape index (κ3) is 58.8. The van der Waals surface area contributed by atoms with E-state index in [0.717, 1.165) is 19.5 Å². The Hall–Kier alpha value is -2.70. The molecule has 0 unspecified atom stereocenters. The molecule has 0 aliphatic heterocycles. The van der Waals surface area contributed by atoms with Crippen molar-refractivity contribution < 1.29 is 25.9 Å². The predicted molar refractivity (Wildman–Crippen MR) is 204 cm³/mol. The van der Waals surface area contributed by atoms with Gasteiger partial charge >= 0.3 is 0 Å². The van der Waals surface area contributed by atoms with E-state index >= 15 is 0 Å². The maximum atomic E-state index is 9.19. The molecule has 0 saturated heterocycles. The maximum Gasteiger partial charge on any atom is 0.261 e. The van der Waals surface area contributed by atoms with Crippen molar-refractivity contribution in [1.82, 2.24) is 10.2 Å². The third-order valence-corrected chi connectivity index (χ3v) is 5.45. The molecule has 0 aromatic rings. The number of aliphatic imine (C=N–C) groups is 4. The van der Waals surface area contributed by atoms with Gasteiger partial charge in [0.15, 0.2) is 17.9 Å². The minimum atomic E-state index is -3.67. The van der Waals surface area contributed by atoms with Crippen molar-refractivity contribution in [2.75, 3.05) is 45.2 Å².